The Labute approximate surface area is 184 Å². The molecule has 0 saturated heterocycles. The summed E-state index contributed by atoms with van der Waals surface area (Å²) in [5.74, 6) is -1.41. The molecule has 0 heterocycles. The van der Waals surface area contributed by atoms with Crippen LogP contribution in [0.25, 0.3) is 0 Å². The highest BCUT2D eigenvalue weighted by Gasteiger charge is 2.40. The lowest BCUT2D eigenvalue weighted by Crippen LogP contribution is -2.25. The van der Waals surface area contributed by atoms with Crippen molar-refractivity contribution in [1.82, 2.24) is 0 Å². The van der Waals surface area contributed by atoms with E-state index in [2.05, 4.69) is 0 Å². The van der Waals surface area contributed by atoms with Gasteiger partial charge in [0.25, 0.3) is 0 Å². The number of para-hydroxylation sites is 1. The van der Waals surface area contributed by atoms with Crippen LogP contribution >= 0.6 is 0 Å². The van der Waals surface area contributed by atoms with E-state index in [1.165, 1.54) is 42.5 Å². The topological polar surface area (TPSA) is 27.7 Å². The number of halogens is 4. The monoisotopic (exact) mass is 448 g/mol. The minimum absolute atomic E-state index is 0.0210. The van der Waals surface area contributed by atoms with Gasteiger partial charge in [0.15, 0.2) is 11.6 Å². The molecule has 0 aromatic heterocycles. The summed E-state index contributed by atoms with van der Waals surface area (Å²) >= 11 is 0. The second kappa shape index (κ2) is 11.0. The van der Waals surface area contributed by atoms with Crippen LogP contribution < -0.4 is 9.47 Å². The van der Waals surface area contributed by atoms with E-state index in [9.17, 15) is 17.6 Å². The van der Waals surface area contributed by atoms with Crippen LogP contribution in [0.15, 0.2) is 72.8 Å². The summed E-state index contributed by atoms with van der Waals surface area (Å²) in [4.78, 5) is 0. The van der Waals surface area contributed by atoms with Crippen molar-refractivity contribution >= 4 is 0 Å². The van der Waals surface area contributed by atoms with E-state index in [0.717, 1.165) is 6.42 Å². The number of hydrogen-bond acceptors (Lipinski definition) is 3. The van der Waals surface area contributed by atoms with Gasteiger partial charge in [-0.15, -0.1) is 0 Å². The number of ether oxygens (including phenoxy) is 3. The SMILES string of the molecule is CCCOc1ccc(C(COCc2ccc(F)c(Oc3ccccc3)c2)C(F)(F)F)cc1. The molecule has 32 heavy (non-hydrogen) atoms. The molecule has 7 heteroatoms. The van der Waals surface area contributed by atoms with Gasteiger partial charge in [0.2, 0.25) is 0 Å². The van der Waals surface area contributed by atoms with Gasteiger partial charge in [-0.3, -0.25) is 0 Å². The molecule has 0 amide bonds. The maximum Gasteiger partial charge on any atom is 0.397 e. The molecule has 0 radical (unpaired) electrons. The summed E-state index contributed by atoms with van der Waals surface area (Å²) in [5.41, 5.74) is 0.593. The molecule has 0 N–H and O–H groups in total. The molecule has 0 aliphatic rings. The first-order valence-corrected chi connectivity index (χ1v) is 10.3. The molecule has 170 valence electrons. The van der Waals surface area contributed by atoms with Crippen LogP contribution in [-0.2, 0) is 11.3 Å². The third-order valence-corrected chi connectivity index (χ3v) is 4.67. The predicted molar refractivity (Wildman–Crippen MR) is 114 cm³/mol. The van der Waals surface area contributed by atoms with Crippen LogP contribution in [0.2, 0.25) is 0 Å². The molecule has 3 nitrogen and oxygen atoms in total. The van der Waals surface area contributed by atoms with Crippen molar-refractivity contribution < 1.29 is 31.8 Å². The molecule has 0 aliphatic carbocycles. The highest BCUT2D eigenvalue weighted by Crippen LogP contribution is 2.36. The quantitative estimate of drug-likeness (QED) is 0.305. The largest absolute Gasteiger partial charge is 0.494 e. The lowest BCUT2D eigenvalue weighted by molar-refractivity contribution is -0.163. The molecule has 3 aromatic carbocycles. The fourth-order valence-electron chi connectivity index (χ4n) is 3.02. The number of alkyl halides is 3. The maximum absolute atomic E-state index is 14.1. The minimum atomic E-state index is -4.48. The van der Waals surface area contributed by atoms with Gasteiger partial charge in [0, 0.05) is 0 Å². The average Bonchev–Trinajstić information content (AvgIpc) is 2.78. The zero-order valence-corrected chi connectivity index (χ0v) is 17.6. The van der Waals surface area contributed by atoms with E-state index in [-0.39, 0.29) is 17.9 Å². The normalized spacial score (nSPS) is 12.4. The summed E-state index contributed by atoms with van der Waals surface area (Å²) in [7, 11) is 0. The Balaban J connectivity index is 1.64. The Morgan fingerprint density at radius 2 is 1.59 bits per heavy atom. The fourth-order valence-corrected chi connectivity index (χ4v) is 3.02. The van der Waals surface area contributed by atoms with Crippen LogP contribution in [0.5, 0.6) is 17.2 Å². The van der Waals surface area contributed by atoms with Gasteiger partial charge in [0.05, 0.1) is 19.8 Å². The Kier molecular flexibility index (Phi) is 8.11. The van der Waals surface area contributed by atoms with Gasteiger partial charge in [-0.2, -0.15) is 13.2 Å². The molecule has 0 fully saturated rings. The molecular weight excluding hydrogens is 424 g/mol. The van der Waals surface area contributed by atoms with E-state index in [0.29, 0.717) is 23.7 Å². The lowest BCUT2D eigenvalue weighted by atomic mass is 9.99. The van der Waals surface area contributed by atoms with Crippen LogP contribution in [0.1, 0.15) is 30.4 Å². The summed E-state index contributed by atoms with van der Waals surface area (Å²) in [6.07, 6.45) is -3.67. The summed E-state index contributed by atoms with van der Waals surface area (Å²) in [6.45, 7) is 1.77. The fraction of sp³-hybridized carbons (Fsp3) is 0.280. The third kappa shape index (κ3) is 6.72. The maximum atomic E-state index is 14.1. The van der Waals surface area contributed by atoms with E-state index in [1.807, 2.05) is 6.92 Å². The molecule has 3 aromatic rings. The number of hydrogen-bond donors (Lipinski definition) is 0. The van der Waals surface area contributed by atoms with Crippen molar-refractivity contribution in [2.24, 2.45) is 0 Å². The average molecular weight is 448 g/mol. The zero-order chi connectivity index (χ0) is 23.0. The zero-order valence-electron chi connectivity index (χ0n) is 17.6. The summed E-state index contributed by atoms with van der Waals surface area (Å²) in [6, 6.07) is 18.6. The van der Waals surface area contributed by atoms with Crippen molar-refractivity contribution in [2.75, 3.05) is 13.2 Å². The van der Waals surface area contributed by atoms with Crippen molar-refractivity contribution in [1.29, 1.82) is 0 Å². The van der Waals surface area contributed by atoms with E-state index in [1.54, 1.807) is 30.3 Å². The van der Waals surface area contributed by atoms with Gasteiger partial charge >= 0.3 is 6.18 Å². The van der Waals surface area contributed by atoms with Gasteiger partial charge in [-0.25, -0.2) is 4.39 Å². The Bertz CT molecular complexity index is 973. The molecule has 0 aliphatic heterocycles. The second-order valence-electron chi connectivity index (χ2n) is 7.21. The molecule has 0 spiro atoms. The molecule has 3 rings (SSSR count). The molecular formula is C25H24F4O3. The standard InChI is InChI=1S/C25H24F4O3/c1-2-14-31-20-11-9-19(10-12-20)22(25(27,28)29)17-30-16-18-8-13-23(26)24(15-18)32-21-6-4-3-5-7-21/h3-13,15,22H,2,14,16-17H2,1H3. The first kappa shape index (κ1) is 23.6. The van der Waals surface area contributed by atoms with Crippen LogP contribution in [-0.4, -0.2) is 19.4 Å². The Morgan fingerprint density at radius 3 is 2.25 bits per heavy atom. The highest BCUT2D eigenvalue weighted by molar-refractivity contribution is 5.35. The van der Waals surface area contributed by atoms with Gasteiger partial charge in [0.1, 0.15) is 17.4 Å². The van der Waals surface area contributed by atoms with Crippen molar-refractivity contribution in [3.8, 4) is 17.2 Å². The molecule has 0 saturated carbocycles. The first-order chi connectivity index (χ1) is 15.4. The van der Waals surface area contributed by atoms with Crippen molar-refractivity contribution in [3.05, 3.63) is 89.7 Å². The van der Waals surface area contributed by atoms with Gasteiger partial charge in [-0.05, 0) is 53.9 Å². The Morgan fingerprint density at radius 1 is 0.875 bits per heavy atom. The van der Waals surface area contributed by atoms with Crippen LogP contribution in [0.3, 0.4) is 0 Å². The van der Waals surface area contributed by atoms with Crippen LogP contribution in [0, 0.1) is 5.82 Å². The van der Waals surface area contributed by atoms with E-state index < -0.39 is 24.5 Å². The smallest absolute Gasteiger partial charge is 0.397 e. The predicted octanol–water partition coefficient (Wildman–Crippen LogP) is 7.27. The lowest BCUT2D eigenvalue weighted by Gasteiger charge is -2.21. The highest BCUT2D eigenvalue weighted by atomic mass is 19.4. The third-order valence-electron chi connectivity index (χ3n) is 4.67. The van der Waals surface area contributed by atoms with Gasteiger partial charge < -0.3 is 14.2 Å². The van der Waals surface area contributed by atoms with Crippen molar-refractivity contribution in [3.63, 3.8) is 0 Å². The van der Waals surface area contributed by atoms with Gasteiger partial charge in [-0.1, -0.05) is 43.3 Å². The van der Waals surface area contributed by atoms with E-state index >= 15 is 0 Å². The van der Waals surface area contributed by atoms with Crippen molar-refractivity contribution in [2.45, 2.75) is 32.0 Å². The summed E-state index contributed by atoms with van der Waals surface area (Å²) < 4.78 is 71.2. The second-order valence-corrected chi connectivity index (χ2v) is 7.21. The summed E-state index contributed by atoms with van der Waals surface area (Å²) in [5, 5.41) is 0. The first-order valence-electron chi connectivity index (χ1n) is 10.3. The molecule has 1 unspecified atom stereocenters. The number of rotatable bonds is 10. The molecule has 1 atom stereocenters. The van der Waals surface area contributed by atoms with Crippen LogP contribution in [0.4, 0.5) is 17.6 Å². The molecule has 0 bridgehead atoms. The minimum Gasteiger partial charge on any atom is -0.494 e. The Hall–Kier alpha value is -3.06. The number of benzene rings is 3. The van der Waals surface area contributed by atoms with E-state index in [4.69, 9.17) is 14.2 Å².